The Bertz CT molecular complexity index is 433. The van der Waals surface area contributed by atoms with Crippen molar-refractivity contribution in [1.82, 2.24) is 9.88 Å². The number of thiazole rings is 1. The summed E-state index contributed by atoms with van der Waals surface area (Å²) in [6, 6.07) is 0.229. The molecule has 4 heteroatoms. The average molecular weight is 262 g/mol. The lowest BCUT2D eigenvalue weighted by Crippen LogP contribution is -2.41. The number of aromatic nitrogens is 1. The van der Waals surface area contributed by atoms with Crippen molar-refractivity contribution < 1.29 is 4.79 Å². The third kappa shape index (κ3) is 2.21. The minimum absolute atomic E-state index is 0.186. The lowest BCUT2D eigenvalue weighted by atomic mass is 9.98. The van der Waals surface area contributed by atoms with Crippen LogP contribution in [0.1, 0.15) is 43.2 Å². The number of rotatable bonds is 2. The SMILES string of the molecule is O=C(C1CC=CC1)N1CCCCC1c1nccs1. The van der Waals surface area contributed by atoms with Crippen LogP contribution in [0, 0.1) is 5.92 Å². The predicted molar refractivity (Wildman–Crippen MR) is 72.3 cm³/mol. The fourth-order valence-electron chi connectivity index (χ4n) is 2.90. The van der Waals surface area contributed by atoms with Gasteiger partial charge in [-0.3, -0.25) is 4.79 Å². The molecule has 1 atom stereocenters. The minimum Gasteiger partial charge on any atom is -0.333 e. The van der Waals surface area contributed by atoms with Gasteiger partial charge in [0.1, 0.15) is 5.01 Å². The Hall–Kier alpha value is -1.16. The molecule has 0 radical (unpaired) electrons. The van der Waals surface area contributed by atoms with Crippen LogP contribution in [0.15, 0.2) is 23.7 Å². The summed E-state index contributed by atoms with van der Waals surface area (Å²) >= 11 is 1.67. The summed E-state index contributed by atoms with van der Waals surface area (Å²) in [7, 11) is 0. The van der Waals surface area contributed by atoms with Crippen LogP contribution >= 0.6 is 11.3 Å². The molecule has 1 unspecified atom stereocenters. The van der Waals surface area contributed by atoms with Crippen LogP contribution in [0.3, 0.4) is 0 Å². The summed E-state index contributed by atoms with van der Waals surface area (Å²) in [4.78, 5) is 19.1. The smallest absolute Gasteiger partial charge is 0.226 e. The van der Waals surface area contributed by atoms with Gasteiger partial charge >= 0.3 is 0 Å². The number of hydrogen-bond donors (Lipinski definition) is 0. The van der Waals surface area contributed by atoms with Gasteiger partial charge in [0.2, 0.25) is 5.91 Å². The zero-order valence-electron chi connectivity index (χ0n) is 10.4. The minimum atomic E-state index is 0.186. The van der Waals surface area contributed by atoms with Gasteiger partial charge in [-0.25, -0.2) is 4.98 Å². The lowest BCUT2D eigenvalue weighted by molar-refractivity contribution is -0.139. The molecule has 2 aliphatic rings. The van der Waals surface area contributed by atoms with E-state index in [0.29, 0.717) is 5.91 Å². The van der Waals surface area contributed by atoms with Crippen molar-refractivity contribution in [3.8, 4) is 0 Å². The maximum Gasteiger partial charge on any atom is 0.226 e. The topological polar surface area (TPSA) is 33.2 Å². The van der Waals surface area contributed by atoms with Crippen LogP contribution in [0.25, 0.3) is 0 Å². The number of likely N-dealkylation sites (tertiary alicyclic amines) is 1. The number of amides is 1. The largest absolute Gasteiger partial charge is 0.333 e. The number of hydrogen-bond acceptors (Lipinski definition) is 3. The molecule has 0 bridgehead atoms. The van der Waals surface area contributed by atoms with E-state index >= 15 is 0 Å². The van der Waals surface area contributed by atoms with Crippen molar-refractivity contribution in [2.24, 2.45) is 5.92 Å². The van der Waals surface area contributed by atoms with Gasteiger partial charge in [0.15, 0.2) is 0 Å². The molecular weight excluding hydrogens is 244 g/mol. The fourth-order valence-corrected chi connectivity index (χ4v) is 3.69. The lowest BCUT2D eigenvalue weighted by Gasteiger charge is -2.36. The molecule has 0 N–H and O–H groups in total. The molecule has 0 spiro atoms. The van der Waals surface area contributed by atoms with Crippen molar-refractivity contribution >= 4 is 17.2 Å². The van der Waals surface area contributed by atoms with Crippen molar-refractivity contribution in [3.63, 3.8) is 0 Å². The Balaban J connectivity index is 1.77. The van der Waals surface area contributed by atoms with Gasteiger partial charge in [-0.1, -0.05) is 12.2 Å². The van der Waals surface area contributed by atoms with Crippen LogP contribution in [-0.2, 0) is 4.79 Å². The number of carbonyl (C=O) groups is 1. The van der Waals surface area contributed by atoms with Gasteiger partial charge in [0, 0.05) is 24.0 Å². The molecule has 3 rings (SSSR count). The fraction of sp³-hybridized carbons (Fsp3) is 0.571. The summed E-state index contributed by atoms with van der Waals surface area (Å²) in [5, 5.41) is 3.11. The molecule has 1 aromatic rings. The van der Waals surface area contributed by atoms with Crippen molar-refractivity contribution in [2.45, 2.75) is 38.1 Å². The molecule has 3 nitrogen and oxygen atoms in total. The highest BCUT2D eigenvalue weighted by Crippen LogP contribution is 2.34. The van der Waals surface area contributed by atoms with Gasteiger partial charge in [-0.05, 0) is 32.1 Å². The average Bonchev–Trinajstić information content (AvgIpc) is 3.11. The van der Waals surface area contributed by atoms with E-state index < -0.39 is 0 Å². The normalized spacial score (nSPS) is 24.7. The third-order valence-electron chi connectivity index (χ3n) is 3.88. The van der Waals surface area contributed by atoms with Gasteiger partial charge in [-0.15, -0.1) is 11.3 Å². The summed E-state index contributed by atoms with van der Waals surface area (Å²) in [6.07, 6.45) is 11.3. The highest BCUT2D eigenvalue weighted by molar-refractivity contribution is 7.09. The second kappa shape index (κ2) is 5.22. The van der Waals surface area contributed by atoms with Gasteiger partial charge < -0.3 is 4.90 Å². The summed E-state index contributed by atoms with van der Waals surface area (Å²) in [5.74, 6) is 0.519. The first-order valence-corrected chi connectivity index (χ1v) is 7.59. The van der Waals surface area contributed by atoms with Crippen LogP contribution in [0.5, 0.6) is 0 Å². The number of allylic oxidation sites excluding steroid dienone is 2. The van der Waals surface area contributed by atoms with E-state index in [1.807, 2.05) is 11.6 Å². The Morgan fingerprint density at radius 2 is 2.17 bits per heavy atom. The van der Waals surface area contributed by atoms with Gasteiger partial charge in [-0.2, -0.15) is 0 Å². The molecule has 1 amide bonds. The molecular formula is C14H18N2OS. The number of nitrogens with zero attached hydrogens (tertiary/aromatic N) is 2. The first kappa shape index (κ1) is 11.9. The van der Waals surface area contributed by atoms with E-state index in [9.17, 15) is 4.79 Å². The van der Waals surface area contributed by atoms with E-state index in [2.05, 4.69) is 22.0 Å². The highest BCUT2D eigenvalue weighted by atomic mass is 32.1. The molecule has 18 heavy (non-hydrogen) atoms. The Labute approximate surface area is 112 Å². The van der Waals surface area contributed by atoms with Crippen molar-refractivity contribution in [1.29, 1.82) is 0 Å². The molecule has 1 saturated heterocycles. The monoisotopic (exact) mass is 262 g/mol. The van der Waals surface area contributed by atoms with E-state index in [0.717, 1.165) is 37.2 Å². The highest BCUT2D eigenvalue weighted by Gasteiger charge is 2.33. The number of piperidine rings is 1. The molecule has 0 saturated carbocycles. The van der Waals surface area contributed by atoms with Gasteiger partial charge in [0.05, 0.1) is 6.04 Å². The van der Waals surface area contributed by atoms with Crippen molar-refractivity contribution in [2.75, 3.05) is 6.54 Å². The standard InChI is InChI=1S/C14H18N2OS/c17-14(11-5-1-2-6-11)16-9-4-3-7-12(16)13-15-8-10-18-13/h1-2,8,10-12H,3-7,9H2. The molecule has 1 fully saturated rings. The first-order valence-electron chi connectivity index (χ1n) is 6.71. The van der Waals surface area contributed by atoms with Crippen molar-refractivity contribution in [3.05, 3.63) is 28.7 Å². The van der Waals surface area contributed by atoms with Crippen LogP contribution < -0.4 is 0 Å². The quantitative estimate of drug-likeness (QED) is 0.767. The van der Waals surface area contributed by atoms with Crippen LogP contribution in [-0.4, -0.2) is 22.3 Å². The molecule has 0 aromatic carbocycles. The second-order valence-electron chi connectivity index (χ2n) is 5.05. The Morgan fingerprint density at radius 3 is 2.89 bits per heavy atom. The summed E-state index contributed by atoms with van der Waals surface area (Å²) < 4.78 is 0. The molecule has 1 aliphatic carbocycles. The van der Waals surface area contributed by atoms with E-state index in [1.54, 1.807) is 11.3 Å². The van der Waals surface area contributed by atoms with Crippen LogP contribution in [0.4, 0.5) is 0 Å². The zero-order valence-corrected chi connectivity index (χ0v) is 11.2. The first-order chi connectivity index (χ1) is 8.86. The molecule has 1 aromatic heterocycles. The zero-order chi connectivity index (χ0) is 12.4. The van der Waals surface area contributed by atoms with E-state index in [4.69, 9.17) is 0 Å². The molecule has 2 heterocycles. The molecule has 96 valence electrons. The Kier molecular flexibility index (Phi) is 3.46. The molecule has 1 aliphatic heterocycles. The van der Waals surface area contributed by atoms with Crippen LogP contribution in [0.2, 0.25) is 0 Å². The second-order valence-corrected chi connectivity index (χ2v) is 5.98. The van der Waals surface area contributed by atoms with E-state index in [1.165, 1.54) is 6.42 Å². The predicted octanol–water partition coefficient (Wildman–Crippen LogP) is 3.16. The summed E-state index contributed by atoms with van der Waals surface area (Å²) in [6.45, 7) is 0.902. The van der Waals surface area contributed by atoms with Gasteiger partial charge in [0.25, 0.3) is 0 Å². The number of carbonyl (C=O) groups excluding carboxylic acids is 1. The maximum absolute atomic E-state index is 12.6. The third-order valence-corrected chi connectivity index (χ3v) is 4.76. The van der Waals surface area contributed by atoms with E-state index in [-0.39, 0.29) is 12.0 Å². The Morgan fingerprint density at radius 1 is 1.33 bits per heavy atom. The summed E-state index contributed by atoms with van der Waals surface area (Å²) in [5.41, 5.74) is 0. The maximum atomic E-state index is 12.6.